The third-order valence-electron chi connectivity index (χ3n) is 3.68. The molecule has 0 aromatic heterocycles. The number of ether oxygens (including phenoxy) is 1. The third-order valence-corrected chi connectivity index (χ3v) is 3.68. The summed E-state index contributed by atoms with van der Waals surface area (Å²) >= 11 is 0. The van der Waals surface area contributed by atoms with Crippen molar-refractivity contribution in [1.29, 1.82) is 0 Å². The van der Waals surface area contributed by atoms with Crippen molar-refractivity contribution in [3.8, 4) is 0 Å². The Labute approximate surface area is 114 Å². The average molecular weight is 260 g/mol. The van der Waals surface area contributed by atoms with Crippen molar-refractivity contribution in [2.24, 2.45) is 5.92 Å². The van der Waals surface area contributed by atoms with Gasteiger partial charge < -0.3 is 4.74 Å². The zero-order valence-corrected chi connectivity index (χ0v) is 11.4. The van der Waals surface area contributed by atoms with Gasteiger partial charge in [-0.3, -0.25) is 9.59 Å². The highest BCUT2D eigenvalue weighted by Gasteiger charge is 2.24. The van der Waals surface area contributed by atoms with Gasteiger partial charge in [0.05, 0.1) is 13.0 Å². The maximum absolute atomic E-state index is 12.1. The molecule has 0 fully saturated rings. The van der Waals surface area contributed by atoms with E-state index in [-0.39, 0.29) is 24.1 Å². The SMILES string of the molecule is CCOC(=O)CCC(=O)C1CCc2ccccc2C1. The lowest BCUT2D eigenvalue weighted by atomic mass is 9.81. The fourth-order valence-corrected chi connectivity index (χ4v) is 2.64. The van der Waals surface area contributed by atoms with E-state index in [9.17, 15) is 9.59 Å². The van der Waals surface area contributed by atoms with Crippen LogP contribution >= 0.6 is 0 Å². The van der Waals surface area contributed by atoms with Crippen molar-refractivity contribution in [3.05, 3.63) is 35.4 Å². The maximum Gasteiger partial charge on any atom is 0.306 e. The zero-order chi connectivity index (χ0) is 13.7. The van der Waals surface area contributed by atoms with E-state index in [0.717, 1.165) is 19.3 Å². The first-order valence-corrected chi connectivity index (χ1v) is 6.95. The average Bonchev–Trinajstić information content (AvgIpc) is 2.44. The van der Waals surface area contributed by atoms with Crippen LogP contribution in [0.25, 0.3) is 0 Å². The highest BCUT2D eigenvalue weighted by molar-refractivity contribution is 5.85. The molecule has 102 valence electrons. The molecule has 3 nitrogen and oxygen atoms in total. The Hall–Kier alpha value is -1.64. The third kappa shape index (κ3) is 3.66. The van der Waals surface area contributed by atoms with E-state index < -0.39 is 0 Å². The van der Waals surface area contributed by atoms with Crippen molar-refractivity contribution in [2.45, 2.75) is 39.0 Å². The molecule has 19 heavy (non-hydrogen) atoms. The largest absolute Gasteiger partial charge is 0.466 e. The van der Waals surface area contributed by atoms with Gasteiger partial charge in [0.15, 0.2) is 0 Å². The first-order chi connectivity index (χ1) is 9.20. The summed E-state index contributed by atoms with van der Waals surface area (Å²) in [6.45, 7) is 2.15. The number of aryl methyl sites for hydroxylation is 1. The van der Waals surface area contributed by atoms with Crippen molar-refractivity contribution in [1.82, 2.24) is 0 Å². The molecule has 1 atom stereocenters. The Bertz CT molecular complexity index is 465. The number of benzene rings is 1. The number of fused-ring (bicyclic) bond motifs is 1. The van der Waals surface area contributed by atoms with Crippen LogP contribution in [0.5, 0.6) is 0 Å². The summed E-state index contributed by atoms with van der Waals surface area (Å²) in [4.78, 5) is 23.4. The van der Waals surface area contributed by atoms with Gasteiger partial charge in [0.2, 0.25) is 0 Å². The second-order valence-corrected chi connectivity index (χ2v) is 4.98. The van der Waals surface area contributed by atoms with Crippen LogP contribution in [0, 0.1) is 5.92 Å². The number of esters is 1. The lowest BCUT2D eigenvalue weighted by Crippen LogP contribution is -2.23. The van der Waals surface area contributed by atoms with E-state index in [1.54, 1.807) is 6.92 Å². The van der Waals surface area contributed by atoms with Crippen LogP contribution in [0.3, 0.4) is 0 Å². The van der Waals surface area contributed by atoms with Crippen LogP contribution in [-0.2, 0) is 27.2 Å². The molecule has 0 saturated heterocycles. The molecule has 0 aliphatic heterocycles. The van der Waals surface area contributed by atoms with E-state index in [2.05, 4.69) is 12.1 Å². The predicted molar refractivity (Wildman–Crippen MR) is 72.8 cm³/mol. The Morgan fingerprint density at radius 3 is 2.68 bits per heavy atom. The second kappa shape index (κ2) is 6.50. The summed E-state index contributed by atoms with van der Waals surface area (Å²) in [7, 11) is 0. The predicted octanol–water partition coefficient (Wildman–Crippen LogP) is 2.70. The fourth-order valence-electron chi connectivity index (χ4n) is 2.64. The van der Waals surface area contributed by atoms with Crippen LogP contribution in [0.15, 0.2) is 24.3 Å². The van der Waals surface area contributed by atoms with Crippen molar-refractivity contribution < 1.29 is 14.3 Å². The van der Waals surface area contributed by atoms with Gasteiger partial charge >= 0.3 is 5.97 Å². The molecule has 1 aliphatic carbocycles. The normalized spacial score (nSPS) is 17.6. The van der Waals surface area contributed by atoms with E-state index in [1.807, 2.05) is 12.1 Å². The number of Topliss-reactive ketones (excluding diaryl/α,β-unsaturated/α-hetero) is 1. The van der Waals surface area contributed by atoms with Crippen LogP contribution < -0.4 is 0 Å². The molecule has 0 heterocycles. The molecule has 0 radical (unpaired) electrons. The van der Waals surface area contributed by atoms with Crippen LogP contribution in [0.4, 0.5) is 0 Å². The Morgan fingerprint density at radius 1 is 1.21 bits per heavy atom. The van der Waals surface area contributed by atoms with Gasteiger partial charge in [-0.15, -0.1) is 0 Å². The number of ketones is 1. The van der Waals surface area contributed by atoms with Crippen LogP contribution in [-0.4, -0.2) is 18.4 Å². The Balaban J connectivity index is 1.87. The molecule has 0 saturated carbocycles. The molecule has 1 aliphatic rings. The van der Waals surface area contributed by atoms with Gasteiger partial charge in [-0.2, -0.15) is 0 Å². The van der Waals surface area contributed by atoms with Crippen molar-refractivity contribution in [3.63, 3.8) is 0 Å². The van der Waals surface area contributed by atoms with Crippen LogP contribution in [0.2, 0.25) is 0 Å². The number of rotatable bonds is 5. The molecule has 0 spiro atoms. The molecule has 1 aromatic rings. The van der Waals surface area contributed by atoms with Gasteiger partial charge in [0, 0.05) is 12.3 Å². The molecule has 0 amide bonds. The van der Waals surface area contributed by atoms with Gasteiger partial charge in [0.25, 0.3) is 0 Å². The second-order valence-electron chi connectivity index (χ2n) is 4.98. The molecule has 0 bridgehead atoms. The van der Waals surface area contributed by atoms with Gasteiger partial charge in [0.1, 0.15) is 5.78 Å². The monoisotopic (exact) mass is 260 g/mol. The lowest BCUT2D eigenvalue weighted by Gasteiger charge is -2.23. The minimum absolute atomic E-state index is 0.0735. The standard InChI is InChI=1S/C16H20O3/c1-2-19-16(18)10-9-15(17)14-8-7-12-5-3-4-6-13(12)11-14/h3-6,14H,2,7-11H2,1H3. The van der Waals surface area contributed by atoms with Gasteiger partial charge in [-0.05, 0) is 37.3 Å². The van der Waals surface area contributed by atoms with E-state index in [0.29, 0.717) is 13.0 Å². The molecular formula is C16H20O3. The van der Waals surface area contributed by atoms with E-state index >= 15 is 0 Å². The van der Waals surface area contributed by atoms with E-state index in [1.165, 1.54) is 11.1 Å². The summed E-state index contributed by atoms with van der Waals surface area (Å²) in [5.74, 6) is -0.000979. The fraction of sp³-hybridized carbons (Fsp3) is 0.500. The molecular weight excluding hydrogens is 240 g/mol. The van der Waals surface area contributed by atoms with Crippen LogP contribution in [0.1, 0.15) is 37.3 Å². The minimum Gasteiger partial charge on any atom is -0.466 e. The first kappa shape index (κ1) is 13.8. The summed E-state index contributed by atoms with van der Waals surface area (Å²) in [5.41, 5.74) is 2.64. The molecule has 1 unspecified atom stereocenters. The maximum atomic E-state index is 12.1. The highest BCUT2D eigenvalue weighted by atomic mass is 16.5. The van der Waals surface area contributed by atoms with E-state index in [4.69, 9.17) is 4.74 Å². The molecule has 1 aromatic carbocycles. The molecule has 2 rings (SSSR count). The number of hydrogen-bond acceptors (Lipinski definition) is 3. The van der Waals surface area contributed by atoms with Crippen molar-refractivity contribution >= 4 is 11.8 Å². The van der Waals surface area contributed by atoms with Crippen molar-refractivity contribution in [2.75, 3.05) is 6.61 Å². The summed E-state index contributed by atoms with van der Waals surface area (Å²) in [5, 5.41) is 0. The summed E-state index contributed by atoms with van der Waals surface area (Å²) < 4.78 is 4.84. The highest BCUT2D eigenvalue weighted by Crippen LogP contribution is 2.26. The topological polar surface area (TPSA) is 43.4 Å². The summed E-state index contributed by atoms with van der Waals surface area (Å²) in [6.07, 6.45) is 3.21. The molecule has 3 heteroatoms. The zero-order valence-electron chi connectivity index (χ0n) is 11.4. The number of carbonyl (C=O) groups is 2. The molecule has 0 N–H and O–H groups in total. The Kier molecular flexibility index (Phi) is 4.72. The number of hydrogen-bond donors (Lipinski definition) is 0. The lowest BCUT2D eigenvalue weighted by molar-refractivity contribution is -0.144. The first-order valence-electron chi connectivity index (χ1n) is 6.95. The van der Waals surface area contributed by atoms with Gasteiger partial charge in [-0.25, -0.2) is 0 Å². The van der Waals surface area contributed by atoms with Gasteiger partial charge in [-0.1, -0.05) is 24.3 Å². The number of carbonyl (C=O) groups excluding carboxylic acids is 2. The quantitative estimate of drug-likeness (QED) is 0.764. The Morgan fingerprint density at radius 2 is 1.95 bits per heavy atom. The smallest absolute Gasteiger partial charge is 0.306 e. The summed E-state index contributed by atoms with van der Waals surface area (Å²) in [6, 6.07) is 8.29. The minimum atomic E-state index is -0.271.